The lowest BCUT2D eigenvalue weighted by atomic mass is 9.63. The number of rotatable bonds is 2. The number of nitro groups is 1. The van der Waals surface area contributed by atoms with E-state index >= 15 is 0 Å². The summed E-state index contributed by atoms with van der Waals surface area (Å²) in [4.78, 5) is 36.4. The van der Waals surface area contributed by atoms with Gasteiger partial charge in [0.25, 0.3) is 5.69 Å². The van der Waals surface area contributed by atoms with Crippen LogP contribution in [0.15, 0.2) is 18.2 Å². The van der Waals surface area contributed by atoms with Gasteiger partial charge in [-0.05, 0) is 24.3 Å². The zero-order valence-corrected chi connectivity index (χ0v) is 16.9. The van der Waals surface area contributed by atoms with Crippen LogP contribution < -0.4 is 0 Å². The average molecular weight is 396 g/mol. The number of ether oxygens (including phenoxy) is 1. The van der Waals surface area contributed by atoms with Gasteiger partial charge >= 0.3 is 0 Å². The second-order valence-electron chi connectivity index (χ2n) is 9.12. The van der Waals surface area contributed by atoms with Gasteiger partial charge in [0.05, 0.1) is 46.0 Å². The fourth-order valence-electron chi connectivity index (χ4n) is 5.71. The largest absolute Gasteiger partial charge is 0.378 e. The third-order valence-corrected chi connectivity index (χ3v) is 7.90. The number of morpholine rings is 1. The summed E-state index contributed by atoms with van der Waals surface area (Å²) >= 11 is 0. The first-order chi connectivity index (χ1) is 13.7. The van der Waals surface area contributed by atoms with Crippen molar-refractivity contribution in [3.63, 3.8) is 0 Å². The molecule has 1 aromatic heterocycles. The van der Waals surface area contributed by atoms with E-state index in [2.05, 4.69) is 20.8 Å². The maximum Gasteiger partial charge on any atom is 0.271 e. The molecule has 5 rings (SSSR count). The summed E-state index contributed by atoms with van der Waals surface area (Å²) in [6, 6.07) is 4.56. The molecule has 0 spiro atoms. The van der Waals surface area contributed by atoms with Crippen LogP contribution in [0.4, 0.5) is 5.69 Å². The van der Waals surface area contributed by atoms with Crippen molar-refractivity contribution in [2.75, 3.05) is 26.3 Å². The van der Waals surface area contributed by atoms with Crippen molar-refractivity contribution in [3.8, 4) is 0 Å². The molecule has 29 heavy (non-hydrogen) atoms. The second-order valence-corrected chi connectivity index (χ2v) is 9.12. The molecule has 2 atom stereocenters. The van der Waals surface area contributed by atoms with Crippen LogP contribution in [0.5, 0.6) is 0 Å². The van der Waals surface area contributed by atoms with Crippen LogP contribution in [0.25, 0.3) is 11.0 Å². The van der Waals surface area contributed by atoms with Crippen LogP contribution in [-0.4, -0.2) is 52.0 Å². The Labute approximate surface area is 168 Å². The first kappa shape index (κ1) is 18.4. The minimum absolute atomic E-state index is 0.0195. The topological polar surface area (TPSA) is 98.5 Å². The first-order valence-corrected chi connectivity index (χ1v) is 10.1. The molecule has 2 bridgehead atoms. The summed E-state index contributed by atoms with van der Waals surface area (Å²) in [6.07, 6.45) is 1.59. The molecular weight excluding hydrogens is 372 g/mol. The molecule has 2 unspecified atom stereocenters. The molecule has 2 heterocycles. The maximum atomic E-state index is 13.9. The molecule has 8 nitrogen and oxygen atoms in total. The predicted octanol–water partition coefficient (Wildman–Crippen LogP) is 2.73. The minimum Gasteiger partial charge on any atom is -0.378 e. The van der Waals surface area contributed by atoms with Crippen LogP contribution in [0.1, 0.15) is 45.0 Å². The van der Waals surface area contributed by atoms with Gasteiger partial charge in [-0.1, -0.05) is 20.8 Å². The average Bonchev–Trinajstić information content (AvgIpc) is 3.01. The van der Waals surface area contributed by atoms with E-state index < -0.39 is 10.3 Å². The third-order valence-electron chi connectivity index (χ3n) is 7.90. The molecule has 1 saturated carbocycles. The molecule has 1 saturated heterocycles. The molecular formula is C21H24N4O4. The predicted molar refractivity (Wildman–Crippen MR) is 106 cm³/mol. The van der Waals surface area contributed by atoms with Gasteiger partial charge in [-0.25, -0.2) is 9.97 Å². The zero-order chi connectivity index (χ0) is 20.6. The second kappa shape index (κ2) is 5.72. The van der Waals surface area contributed by atoms with Crippen molar-refractivity contribution in [2.45, 2.75) is 44.4 Å². The molecule has 1 aliphatic heterocycles. The van der Waals surface area contributed by atoms with Gasteiger partial charge in [0.1, 0.15) is 0 Å². The Kier molecular flexibility index (Phi) is 3.63. The van der Waals surface area contributed by atoms with Crippen LogP contribution >= 0.6 is 0 Å². The number of carbonyl (C=O) groups excluding carboxylic acids is 1. The monoisotopic (exact) mass is 396 g/mol. The molecule has 2 fully saturated rings. The van der Waals surface area contributed by atoms with Crippen molar-refractivity contribution in [1.82, 2.24) is 14.9 Å². The number of benzene rings is 1. The fourth-order valence-corrected chi connectivity index (χ4v) is 5.71. The number of fused-ring (bicyclic) bond motifs is 6. The number of nitrogens with zero attached hydrogens (tertiary/aromatic N) is 4. The van der Waals surface area contributed by atoms with Crippen molar-refractivity contribution >= 4 is 22.6 Å². The van der Waals surface area contributed by atoms with Crippen LogP contribution in [-0.2, 0) is 20.4 Å². The Morgan fingerprint density at radius 3 is 2.48 bits per heavy atom. The van der Waals surface area contributed by atoms with Gasteiger partial charge in [0.15, 0.2) is 0 Å². The highest BCUT2D eigenvalue weighted by Crippen LogP contribution is 2.70. The van der Waals surface area contributed by atoms with Gasteiger partial charge < -0.3 is 9.64 Å². The SMILES string of the molecule is CC12CCC(C(=O)N3CCOCC3)(c3nc4cc([N+](=O)[O-])ccc4nc31)C2(C)C. The van der Waals surface area contributed by atoms with E-state index in [-0.39, 0.29) is 22.4 Å². The third kappa shape index (κ3) is 2.10. The molecule has 152 valence electrons. The van der Waals surface area contributed by atoms with Crippen LogP contribution in [0, 0.1) is 15.5 Å². The van der Waals surface area contributed by atoms with Crippen LogP contribution in [0.2, 0.25) is 0 Å². The van der Waals surface area contributed by atoms with Crippen molar-refractivity contribution in [2.24, 2.45) is 5.41 Å². The zero-order valence-electron chi connectivity index (χ0n) is 16.9. The highest BCUT2D eigenvalue weighted by atomic mass is 16.6. The lowest BCUT2D eigenvalue weighted by Crippen LogP contribution is -2.55. The number of carbonyl (C=O) groups is 1. The highest BCUT2D eigenvalue weighted by molar-refractivity contribution is 5.93. The van der Waals surface area contributed by atoms with E-state index in [9.17, 15) is 14.9 Å². The number of amides is 1. The van der Waals surface area contributed by atoms with E-state index in [1.807, 2.05) is 4.90 Å². The van der Waals surface area contributed by atoms with E-state index in [1.165, 1.54) is 12.1 Å². The molecule has 2 aromatic rings. The Hall–Kier alpha value is -2.61. The fraction of sp³-hybridized carbons (Fsp3) is 0.571. The standard InChI is InChI=1S/C21H24N4O4/c1-19(2)20(3)6-7-21(19,18(26)24-8-10-29-11-9-24)17-16(20)22-14-5-4-13(25(27)28)12-15(14)23-17/h4-5,12H,6-11H2,1-3H3. The molecule has 0 radical (unpaired) electrons. The number of hydrogen-bond donors (Lipinski definition) is 0. The number of nitro benzene ring substituents is 1. The van der Waals surface area contributed by atoms with E-state index in [0.29, 0.717) is 43.0 Å². The van der Waals surface area contributed by atoms with E-state index in [4.69, 9.17) is 14.7 Å². The Balaban J connectivity index is 1.74. The molecule has 8 heteroatoms. The van der Waals surface area contributed by atoms with Crippen molar-refractivity contribution in [1.29, 1.82) is 0 Å². The summed E-state index contributed by atoms with van der Waals surface area (Å²) in [5, 5.41) is 11.2. The molecule has 0 N–H and O–H groups in total. The molecule has 3 aliphatic rings. The van der Waals surface area contributed by atoms with Gasteiger partial charge in [0, 0.05) is 30.6 Å². The normalized spacial score (nSPS) is 29.8. The number of hydrogen-bond acceptors (Lipinski definition) is 6. The quantitative estimate of drug-likeness (QED) is 0.572. The van der Waals surface area contributed by atoms with E-state index in [0.717, 1.165) is 18.5 Å². The smallest absolute Gasteiger partial charge is 0.271 e. The maximum absolute atomic E-state index is 13.9. The number of non-ortho nitro benzene ring substituents is 1. The Morgan fingerprint density at radius 2 is 1.79 bits per heavy atom. The Morgan fingerprint density at radius 1 is 1.10 bits per heavy atom. The van der Waals surface area contributed by atoms with Gasteiger partial charge in [0.2, 0.25) is 5.91 Å². The summed E-state index contributed by atoms with van der Waals surface area (Å²) in [5.74, 6) is 0.0901. The lowest BCUT2D eigenvalue weighted by molar-refractivity contribution is -0.384. The van der Waals surface area contributed by atoms with Gasteiger partial charge in [-0.3, -0.25) is 14.9 Å². The van der Waals surface area contributed by atoms with Crippen molar-refractivity contribution < 1.29 is 14.5 Å². The highest BCUT2D eigenvalue weighted by Gasteiger charge is 2.73. The first-order valence-electron chi connectivity index (χ1n) is 10.1. The minimum atomic E-state index is -0.764. The van der Waals surface area contributed by atoms with Crippen molar-refractivity contribution in [3.05, 3.63) is 39.7 Å². The summed E-state index contributed by atoms with van der Waals surface area (Å²) in [6.45, 7) is 8.72. The summed E-state index contributed by atoms with van der Waals surface area (Å²) in [5.41, 5.74) is 1.27. The molecule has 1 aromatic carbocycles. The van der Waals surface area contributed by atoms with Gasteiger partial charge in [-0.15, -0.1) is 0 Å². The molecule has 2 aliphatic carbocycles. The summed E-state index contributed by atoms with van der Waals surface area (Å²) < 4.78 is 5.44. The van der Waals surface area contributed by atoms with Gasteiger partial charge in [-0.2, -0.15) is 0 Å². The Bertz CT molecular complexity index is 1060. The summed E-state index contributed by atoms with van der Waals surface area (Å²) in [7, 11) is 0. The molecule has 1 amide bonds. The van der Waals surface area contributed by atoms with E-state index in [1.54, 1.807) is 6.07 Å². The van der Waals surface area contributed by atoms with Crippen LogP contribution in [0.3, 0.4) is 0 Å². The lowest BCUT2D eigenvalue weighted by Gasteiger charge is -2.43. The number of aromatic nitrogens is 2.